The summed E-state index contributed by atoms with van der Waals surface area (Å²) in [6.07, 6.45) is 3.48. The Labute approximate surface area is 95.6 Å². The third-order valence-electron chi connectivity index (χ3n) is 2.58. The normalized spacial score (nSPS) is 15.6. The van der Waals surface area contributed by atoms with Crippen LogP contribution in [0.4, 0.5) is 4.79 Å². The molecule has 1 aliphatic rings. The van der Waals surface area contributed by atoms with Gasteiger partial charge in [-0.05, 0) is 26.2 Å². The highest BCUT2D eigenvalue weighted by atomic mass is 16.4. The van der Waals surface area contributed by atoms with E-state index in [0.717, 1.165) is 12.3 Å². The number of amides is 2. The van der Waals surface area contributed by atoms with Crippen LogP contribution < -0.4 is 10.6 Å². The summed E-state index contributed by atoms with van der Waals surface area (Å²) in [6, 6.07) is -0.285. The molecule has 1 saturated carbocycles. The van der Waals surface area contributed by atoms with Crippen molar-refractivity contribution in [2.45, 2.75) is 45.1 Å². The Balaban J connectivity index is 2.17. The summed E-state index contributed by atoms with van der Waals surface area (Å²) >= 11 is 0. The van der Waals surface area contributed by atoms with E-state index >= 15 is 0 Å². The van der Waals surface area contributed by atoms with Gasteiger partial charge >= 0.3 is 12.0 Å². The van der Waals surface area contributed by atoms with Gasteiger partial charge in [-0.1, -0.05) is 12.8 Å². The summed E-state index contributed by atoms with van der Waals surface area (Å²) in [6.45, 7) is 4.06. The summed E-state index contributed by atoms with van der Waals surface area (Å²) in [4.78, 5) is 22.0. The fraction of sp³-hybridized carbons (Fsp3) is 0.818. The van der Waals surface area contributed by atoms with Crippen LogP contribution >= 0.6 is 0 Å². The van der Waals surface area contributed by atoms with Crippen molar-refractivity contribution in [1.29, 1.82) is 0 Å². The van der Waals surface area contributed by atoms with Gasteiger partial charge in [0.15, 0.2) is 0 Å². The number of carbonyl (C=O) groups excluding carboxylic acids is 1. The van der Waals surface area contributed by atoms with Crippen molar-refractivity contribution in [3.05, 3.63) is 0 Å². The van der Waals surface area contributed by atoms with Gasteiger partial charge in [0, 0.05) is 12.1 Å². The minimum absolute atomic E-state index is 0.0803. The summed E-state index contributed by atoms with van der Waals surface area (Å²) in [5.41, 5.74) is -0.713. The molecule has 0 aromatic carbocycles. The van der Waals surface area contributed by atoms with E-state index in [1.165, 1.54) is 12.8 Å². The Morgan fingerprint density at radius 1 is 1.38 bits per heavy atom. The van der Waals surface area contributed by atoms with Crippen LogP contribution in [0.25, 0.3) is 0 Å². The van der Waals surface area contributed by atoms with Crippen LogP contribution in [0.2, 0.25) is 0 Å². The number of carboxylic acid groups (broad SMARTS) is 1. The average molecular weight is 228 g/mol. The van der Waals surface area contributed by atoms with E-state index in [1.807, 2.05) is 0 Å². The number of nitrogens with one attached hydrogen (secondary N) is 2. The van der Waals surface area contributed by atoms with Gasteiger partial charge in [-0.25, -0.2) is 4.79 Å². The molecular weight excluding hydrogens is 208 g/mol. The molecule has 0 spiro atoms. The van der Waals surface area contributed by atoms with E-state index in [1.54, 1.807) is 13.8 Å². The number of aliphatic carboxylic acids is 1. The SMILES string of the molecule is CC(C)(CC(=O)O)NC(=O)NCCC1CC1. The first kappa shape index (κ1) is 12.8. The number of hydrogen-bond acceptors (Lipinski definition) is 2. The summed E-state index contributed by atoms with van der Waals surface area (Å²) in [5.74, 6) is -0.129. The van der Waals surface area contributed by atoms with Crippen molar-refractivity contribution < 1.29 is 14.7 Å². The molecule has 1 rings (SSSR count). The Bertz CT molecular complexity index is 272. The lowest BCUT2D eigenvalue weighted by Gasteiger charge is -2.24. The number of hydrogen-bond donors (Lipinski definition) is 3. The molecule has 5 heteroatoms. The maximum atomic E-state index is 11.4. The van der Waals surface area contributed by atoms with E-state index in [0.29, 0.717) is 6.54 Å². The van der Waals surface area contributed by atoms with Crippen molar-refractivity contribution >= 4 is 12.0 Å². The number of carbonyl (C=O) groups is 2. The topological polar surface area (TPSA) is 78.4 Å². The van der Waals surface area contributed by atoms with Crippen LogP contribution in [0, 0.1) is 5.92 Å². The lowest BCUT2D eigenvalue weighted by molar-refractivity contribution is -0.138. The monoisotopic (exact) mass is 228 g/mol. The van der Waals surface area contributed by atoms with Crippen LogP contribution in [-0.2, 0) is 4.79 Å². The third-order valence-corrected chi connectivity index (χ3v) is 2.58. The second-order valence-electron chi connectivity index (χ2n) is 5.07. The van der Waals surface area contributed by atoms with E-state index in [2.05, 4.69) is 10.6 Å². The maximum absolute atomic E-state index is 11.4. The molecule has 0 heterocycles. The number of urea groups is 1. The number of carboxylic acids is 1. The Hall–Kier alpha value is -1.26. The van der Waals surface area contributed by atoms with E-state index < -0.39 is 11.5 Å². The predicted octanol–water partition coefficient (Wildman–Crippen LogP) is 1.34. The summed E-state index contributed by atoms with van der Waals surface area (Å²) in [7, 11) is 0. The molecule has 0 aromatic rings. The lowest BCUT2D eigenvalue weighted by atomic mass is 10.0. The highest BCUT2D eigenvalue weighted by molar-refractivity contribution is 5.76. The largest absolute Gasteiger partial charge is 0.481 e. The molecule has 0 aliphatic heterocycles. The first-order valence-electron chi connectivity index (χ1n) is 5.67. The molecule has 0 atom stereocenters. The molecule has 0 radical (unpaired) electrons. The summed E-state index contributed by atoms with van der Waals surface area (Å²) < 4.78 is 0. The molecule has 3 N–H and O–H groups in total. The summed E-state index contributed by atoms with van der Waals surface area (Å²) in [5, 5.41) is 14.0. The van der Waals surface area contributed by atoms with Crippen molar-refractivity contribution in [2.24, 2.45) is 5.92 Å². The highest BCUT2D eigenvalue weighted by Gasteiger charge is 2.24. The highest BCUT2D eigenvalue weighted by Crippen LogP contribution is 2.31. The molecule has 0 unspecified atom stereocenters. The maximum Gasteiger partial charge on any atom is 0.315 e. The lowest BCUT2D eigenvalue weighted by Crippen LogP contribution is -2.49. The van der Waals surface area contributed by atoms with E-state index in [4.69, 9.17) is 5.11 Å². The quantitative estimate of drug-likeness (QED) is 0.642. The molecule has 2 amide bonds. The van der Waals surface area contributed by atoms with Gasteiger partial charge in [0.1, 0.15) is 0 Å². The van der Waals surface area contributed by atoms with Crippen molar-refractivity contribution in [3.63, 3.8) is 0 Å². The minimum atomic E-state index is -0.914. The van der Waals surface area contributed by atoms with Gasteiger partial charge in [-0.15, -0.1) is 0 Å². The van der Waals surface area contributed by atoms with Gasteiger partial charge < -0.3 is 15.7 Å². The molecule has 0 aromatic heterocycles. The molecule has 1 fully saturated rings. The zero-order valence-electron chi connectivity index (χ0n) is 9.88. The zero-order valence-corrected chi connectivity index (χ0v) is 9.88. The fourth-order valence-corrected chi connectivity index (χ4v) is 1.57. The van der Waals surface area contributed by atoms with Crippen LogP contribution in [0.3, 0.4) is 0 Å². The molecular formula is C11H20N2O3. The van der Waals surface area contributed by atoms with Crippen LogP contribution in [0.1, 0.15) is 39.5 Å². The first-order chi connectivity index (χ1) is 7.39. The Morgan fingerprint density at radius 3 is 2.50 bits per heavy atom. The van der Waals surface area contributed by atoms with Gasteiger partial charge in [-0.2, -0.15) is 0 Å². The Kier molecular flexibility index (Phi) is 4.15. The van der Waals surface area contributed by atoms with E-state index in [9.17, 15) is 9.59 Å². The second kappa shape index (κ2) is 5.18. The van der Waals surface area contributed by atoms with E-state index in [-0.39, 0.29) is 12.5 Å². The number of rotatable bonds is 6. The van der Waals surface area contributed by atoms with Crippen molar-refractivity contribution in [3.8, 4) is 0 Å². The van der Waals surface area contributed by atoms with Crippen LogP contribution in [0.5, 0.6) is 0 Å². The van der Waals surface area contributed by atoms with Gasteiger partial charge in [0.2, 0.25) is 0 Å². The smallest absolute Gasteiger partial charge is 0.315 e. The second-order valence-corrected chi connectivity index (χ2v) is 5.07. The van der Waals surface area contributed by atoms with Crippen LogP contribution in [-0.4, -0.2) is 29.2 Å². The molecule has 5 nitrogen and oxygen atoms in total. The predicted molar refractivity (Wildman–Crippen MR) is 60.2 cm³/mol. The van der Waals surface area contributed by atoms with Gasteiger partial charge in [-0.3, -0.25) is 4.79 Å². The minimum Gasteiger partial charge on any atom is -0.481 e. The standard InChI is InChI=1S/C11H20N2O3/c1-11(2,7-9(14)15)13-10(16)12-6-5-8-3-4-8/h8H,3-7H2,1-2H3,(H,14,15)(H2,12,13,16). The fourth-order valence-electron chi connectivity index (χ4n) is 1.57. The first-order valence-corrected chi connectivity index (χ1v) is 5.67. The van der Waals surface area contributed by atoms with Gasteiger partial charge in [0.05, 0.1) is 6.42 Å². The van der Waals surface area contributed by atoms with Crippen molar-refractivity contribution in [1.82, 2.24) is 10.6 Å². The molecule has 1 aliphatic carbocycles. The zero-order chi connectivity index (χ0) is 12.2. The molecule has 92 valence electrons. The molecule has 0 bridgehead atoms. The van der Waals surface area contributed by atoms with Crippen LogP contribution in [0.15, 0.2) is 0 Å². The Morgan fingerprint density at radius 2 is 2.00 bits per heavy atom. The van der Waals surface area contributed by atoms with Crippen molar-refractivity contribution in [2.75, 3.05) is 6.54 Å². The van der Waals surface area contributed by atoms with Gasteiger partial charge in [0.25, 0.3) is 0 Å². The average Bonchev–Trinajstić information content (AvgIpc) is 2.83. The molecule has 0 saturated heterocycles. The third kappa shape index (κ3) is 5.58. The molecule has 16 heavy (non-hydrogen) atoms.